The molecule has 3 heterocycles. The monoisotopic (exact) mass is 487 g/mol. The number of rotatable bonds is 10. The number of methoxy groups -OCH3 is 3. The summed E-state index contributed by atoms with van der Waals surface area (Å²) >= 11 is 0. The lowest BCUT2D eigenvalue weighted by Crippen LogP contribution is -2.52. The van der Waals surface area contributed by atoms with Gasteiger partial charge in [0.2, 0.25) is 11.8 Å². The van der Waals surface area contributed by atoms with Gasteiger partial charge in [0.1, 0.15) is 11.5 Å². The Kier molecular flexibility index (Phi) is 8.89. The smallest absolute Gasteiger partial charge is 0.228 e. The van der Waals surface area contributed by atoms with Gasteiger partial charge in [-0.05, 0) is 63.2 Å². The van der Waals surface area contributed by atoms with Gasteiger partial charge in [0.15, 0.2) is 0 Å². The fourth-order valence-corrected chi connectivity index (χ4v) is 6.14. The number of benzene rings is 1. The summed E-state index contributed by atoms with van der Waals surface area (Å²) in [6, 6.07) is 6.00. The van der Waals surface area contributed by atoms with E-state index in [9.17, 15) is 9.59 Å². The van der Waals surface area contributed by atoms with E-state index in [1.807, 2.05) is 17.0 Å². The zero-order valence-electron chi connectivity index (χ0n) is 21.5. The fraction of sp³-hybridized carbons (Fsp3) is 0.704. The summed E-state index contributed by atoms with van der Waals surface area (Å²) in [5.41, 5.74) is 0.685. The maximum Gasteiger partial charge on any atom is 0.228 e. The molecule has 3 fully saturated rings. The van der Waals surface area contributed by atoms with Gasteiger partial charge in [-0.15, -0.1) is 0 Å². The van der Waals surface area contributed by atoms with Gasteiger partial charge in [0.25, 0.3) is 0 Å². The van der Waals surface area contributed by atoms with Crippen LogP contribution in [0.15, 0.2) is 18.2 Å². The molecule has 0 spiro atoms. The third-order valence-corrected chi connectivity index (χ3v) is 7.92. The summed E-state index contributed by atoms with van der Waals surface area (Å²) in [7, 11) is 4.88. The fourth-order valence-electron chi connectivity index (χ4n) is 6.14. The van der Waals surface area contributed by atoms with Gasteiger partial charge in [0.05, 0.1) is 25.8 Å². The SMILES string of the molecule is COCCCN(CC1CCCN2CCCCC12)C(=O)C1CC(=O)N(c2ccc(OC)cc2OC)C1. The number of fused-ring (bicyclic) bond motifs is 1. The quantitative estimate of drug-likeness (QED) is 0.472. The highest BCUT2D eigenvalue weighted by atomic mass is 16.5. The number of nitrogens with zero attached hydrogens (tertiary/aromatic N) is 3. The molecule has 0 saturated carbocycles. The van der Waals surface area contributed by atoms with Crippen LogP contribution in [0.2, 0.25) is 0 Å². The van der Waals surface area contributed by atoms with Gasteiger partial charge in [-0.1, -0.05) is 6.42 Å². The minimum absolute atomic E-state index is 0.0419. The second-order valence-electron chi connectivity index (χ2n) is 10.1. The Hall–Kier alpha value is -2.32. The average Bonchev–Trinajstić information content (AvgIpc) is 3.28. The summed E-state index contributed by atoms with van der Waals surface area (Å²) in [5.74, 6) is 1.45. The highest BCUT2D eigenvalue weighted by Crippen LogP contribution is 2.37. The van der Waals surface area contributed by atoms with Crippen LogP contribution in [-0.2, 0) is 14.3 Å². The van der Waals surface area contributed by atoms with Gasteiger partial charge in [-0.3, -0.25) is 9.59 Å². The van der Waals surface area contributed by atoms with E-state index in [0.717, 1.165) is 13.0 Å². The Morgan fingerprint density at radius 3 is 2.69 bits per heavy atom. The van der Waals surface area contributed by atoms with Crippen LogP contribution in [0.5, 0.6) is 11.5 Å². The molecule has 3 atom stereocenters. The molecular formula is C27H41N3O5. The van der Waals surface area contributed by atoms with Crippen molar-refractivity contribution in [2.75, 3.05) is 65.6 Å². The minimum Gasteiger partial charge on any atom is -0.497 e. The van der Waals surface area contributed by atoms with Crippen LogP contribution in [-0.4, -0.2) is 88.3 Å². The Labute approximate surface area is 209 Å². The first kappa shape index (κ1) is 25.8. The summed E-state index contributed by atoms with van der Waals surface area (Å²) in [4.78, 5) is 33.2. The molecule has 3 saturated heterocycles. The van der Waals surface area contributed by atoms with Crippen LogP contribution in [0.4, 0.5) is 5.69 Å². The molecule has 1 aromatic rings. The highest BCUT2D eigenvalue weighted by Gasteiger charge is 2.40. The van der Waals surface area contributed by atoms with Crippen molar-refractivity contribution in [1.29, 1.82) is 0 Å². The molecule has 4 rings (SSSR count). The highest BCUT2D eigenvalue weighted by molar-refractivity contribution is 6.01. The first-order valence-electron chi connectivity index (χ1n) is 13.1. The van der Waals surface area contributed by atoms with E-state index in [1.54, 1.807) is 32.3 Å². The number of carbonyl (C=O) groups excluding carboxylic acids is 2. The minimum atomic E-state index is -0.345. The molecule has 8 nitrogen and oxygen atoms in total. The summed E-state index contributed by atoms with van der Waals surface area (Å²) in [6.45, 7) is 4.83. The van der Waals surface area contributed by atoms with Gasteiger partial charge >= 0.3 is 0 Å². The predicted molar refractivity (Wildman–Crippen MR) is 135 cm³/mol. The van der Waals surface area contributed by atoms with Crippen LogP contribution in [0, 0.1) is 11.8 Å². The lowest BCUT2D eigenvalue weighted by Gasteiger charge is -2.46. The summed E-state index contributed by atoms with van der Waals surface area (Å²) in [5, 5.41) is 0. The van der Waals surface area contributed by atoms with Gasteiger partial charge in [-0.2, -0.15) is 0 Å². The van der Waals surface area contributed by atoms with E-state index in [4.69, 9.17) is 14.2 Å². The molecule has 1 aromatic carbocycles. The molecule has 35 heavy (non-hydrogen) atoms. The van der Waals surface area contributed by atoms with Crippen molar-refractivity contribution in [3.05, 3.63) is 18.2 Å². The third kappa shape index (κ3) is 5.92. The molecule has 0 radical (unpaired) electrons. The van der Waals surface area contributed by atoms with E-state index in [1.165, 1.54) is 45.2 Å². The molecule has 3 aliphatic rings. The second kappa shape index (κ2) is 12.1. The number of amides is 2. The second-order valence-corrected chi connectivity index (χ2v) is 10.1. The molecule has 0 aromatic heterocycles. The van der Waals surface area contributed by atoms with Gasteiger partial charge in [-0.25, -0.2) is 0 Å². The lowest BCUT2D eigenvalue weighted by molar-refractivity contribution is -0.137. The van der Waals surface area contributed by atoms with Crippen LogP contribution in [0.3, 0.4) is 0 Å². The maximum absolute atomic E-state index is 13.8. The first-order valence-corrected chi connectivity index (χ1v) is 13.1. The largest absolute Gasteiger partial charge is 0.497 e. The molecule has 0 N–H and O–H groups in total. The van der Waals surface area contributed by atoms with Crippen molar-refractivity contribution < 1.29 is 23.8 Å². The number of hydrogen-bond donors (Lipinski definition) is 0. The number of carbonyl (C=O) groups is 2. The van der Waals surface area contributed by atoms with Gasteiger partial charge < -0.3 is 28.9 Å². The Bertz CT molecular complexity index is 876. The normalized spacial score (nSPS) is 24.8. The number of anilines is 1. The predicted octanol–water partition coefficient (Wildman–Crippen LogP) is 3.19. The van der Waals surface area contributed by atoms with Crippen LogP contribution in [0.1, 0.15) is 44.9 Å². The van der Waals surface area contributed by atoms with E-state index < -0.39 is 0 Å². The number of piperidine rings is 2. The standard InChI is InChI=1S/C27H41N3O5/c1-33-15-7-14-29(18-20-8-6-13-28-12-5-4-9-23(20)28)27(32)21-16-26(31)30(19-21)24-11-10-22(34-2)17-25(24)35-3/h10-11,17,20-21,23H,4-9,12-16,18-19H2,1-3H3. The number of hydrogen-bond acceptors (Lipinski definition) is 6. The van der Waals surface area contributed by atoms with E-state index >= 15 is 0 Å². The van der Waals surface area contributed by atoms with Crippen LogP contribution >= 0.6 is 0 Å². The Morgan fingerprint density at radius 2 is 1.91 bits per heavy atom. The molecule has 0 aliphatic carbocycles. The zero-order chi connectivity index (χ0) is 24.8. The molecule has 194 valence electrons. The van der Waals surface area contributed by atoms with E-state index in [0.29, 0.717) is 48.8 Å². The Morgan fingerprint density at radius 1 is 1.09 bits per heavy atom. The average molecular weight is 488 g/mol. The molecule has 2 amide bonds. The van der Waals surface area contributed by atoms with Crippen LogP contribution in [0.25, 0.3) is 0 Å². The summed E-state index contributed by atoms with van der Waals surface area (Å²) < 4.78 is 16.1. The zero-order valence-corrected chi connectivity index (χ0v) is 21.5. The topological polar surface area (TPSA) is 71.6 Å². The maximum atomic E-state index is 13.8. The first-order chi connectivity index (χ1) is 17.0. The van der Waals surface area contributed by atoms with Crippen molar-refractivity contribution in [3.63, 3.8) is 0 Å². The van der Waals surface area contributed by atoms with Gasteiger partial charge in [0, 0.05) is 51.9 Å². The molecule has 3 unspecified atom stereocenters. The molecular weight excluding hydrogens is 446 g/mol. The van der Waals surface area contributed by atoms with Crippen molar-refractivity contribution in [1.82, 2.24) is 9.80 Å². The molecule has 8 heteroatoms. The van der Waals surface area contributed by atoms with Crippen molar-refractivity contribution >= 4 is 17.5 Å². The number of ether oxygens (including phenoxy) is 3. The van der Waals surface area contributed by atoms with E-state index in [2.05, 4.69) is 4.90 Å². The van der Waals surface area contributed by atoms with Crippen molar-refractivity contribution in [2.24, 2.45) is 11.8 Å². The summed E-state index contributed by atoms with van der Waals surface area (Å²) in [6.07, 6.45) is 7.22. The molecule has 0 bridgehead atoms. The Balaban J connectivity index is 1.47. The van der Waals surface area contributed by atoms with Crippen molar-refractivity contribution in [2.45, 2.75) is 51.0 Å². The van der Waals surface area contributed by atoms with E-state index in [-0.39, 0.29) is 24.2 Å². The molecule has 3 aliphatic heterocycles. The van der Waals surface area contributed by atoms with Crippen molar-refractivity contribution in [3.8, 4) is 11.5 Å². The third-order valence-electron chi connectivity index (χ3n) is 7.92. The van der Waals surface area contributed by atoms with Crippen LogP contribution < -0.4 is 14.4 Å². The lowest BCUT2D eigenvalue weighted by atomic mass is 9.83.